The summed E-state index contributed by atoms with van der Waals surface area (Å²) in [6.07, 6.45) is 3.44. The molecule has 7 heteroatoms. The molecule has 9 atom stereocenters. The summed E-state index contributed by atoms with van der Waals surface area (Å²) >= 11 is 0. The summed E-state index contributed by atoms with van der Waals surface area (Å²) < 4.78 is 24.8. The summed E-state index contributed by atoms with van der Waals surface area (Å²) in [6.45, 7) is 9.23. The van der Waals surface area contributed by atoms with E-state index >= 15 is 0 Å². The van der Waals surface area contributed by atoms with Crippen LogP contribution in [0.1, 0.15) is 71.5 Å². The number of hydrogen-bond acceptors (Lipinski definition) is 7. The second-order valence-corrected chi connectivity index (χ2v) is 10.5. The van der Waals surface area contributed by atoms with Gasteiger partial charge in [-0.05, 0) is 62.1 Å². The summed E-state index contributed by atoms with van der Waals surface area (Å²) in [7, 11) is 0. The first-order valence-electron chi connectivity index (χ1n) is 12.6. The van der Waals surface area contributed by atoms with Gasteiger partial charge in [0, 0.05) is 18.3 Å². The van der Waals surface area contributed by atoms with Crippen molar-refractivity contribution in [2.24, 2.45) is 23.7 Å². The highest BCUT2D eigenvalue weighted by molar-refractivity contribution is 5.28. The van der Waals surface area contributed by atoms with Gasteiger partial charge < -0.3 is 24.1 Å². The topological polar surface area (TPSA) is 75.6 Å². The van der Waals surface area contributed by atoms with Crippen LogP contribution in [0.4, 0.5) is 0 Å². The van der Waals surface area contributed by atoms with Crippen molar-refractivity contribution in [3.05, 3.63) is 29.8 Å². The lowest BCUT2D eigenvalue weighted by molar-refractivity contribution is -0.577. The first-order valence-corrected chi connectivity index (χ1v) is 12.6. The second-order valence-electron chi connectivity index (χ2n) is 10.5. The Kier molecular flexibility index (Phi) is 6.48. The molecule has 4 heterocycles. The van der Waals surface area contributed by atoms with Gasteiger partial charge in [0.25, 0.3) is 0 Å². The molecule has 0 amide bonds. The molecule has 2 bridgehead atoms. The molecule has 2 unspecified atom stereocenters. The Morgan fingerprint density at radius 1 is 1.06 bits per heavy atom. The van der Waals surface area contributed by atoms with Gasteiger partial charge in [-0.15, -0.1) is 0 Å². The van der Waals surface area contributed by atoms with Crippen LogP contribution in [0.15, 0.2) is 24.3 Å². The van der Waals surface area contributed by atoms with E-state index in [2.05, 4.69) is 13.8 Å². The third-order valence-electron chi connectivity index (χ3n) is 8.38. The standard InChI is InChI=1S/C26H38O7/c1-5-22(27)18-7-9-19(10-8-18)28-14-15-29-23-17(3)21-11-6-16(2)20-12-13-25(4)31-24(30-23)26(20,21)33-32-25/h7-10,16-17,20-24,27H,5-6,11-15H2,1-4H3/t16-,17-,20?,21+,22?,23+,24-,25-,26-/m1/s1. The Morgan fingerprint density at radius 2 is 1.85 bits per heavy atom. The molecule has 0 aromatic heterocycles. The largest absolute Gasteiger partial charge is 0.491 e. The monoisotopic (exact) mass is 462 g/mol. The summed E-state index contributed by atoms with van der Waals surface area (Å²) in [5.41, 5.74) is 0.339. The smallest absolute Gasteiger partial charge is 0.201 e. The molecular formula is C26H38O7. The van der Waals surface area contributed by atoms with Gasteiger partial charge in [0.1, 0.15) is 12.4 Å². The van der Waals surface area contributed by atoms with Gasteiger partial charge in [-0.2, -0.15) is 0 Å². The van der Waals surface area contributed by atoms with E-state index in [9.17, 15) is 5.11 Å². The molecule has 5 fully saturated rings. The minimum atomic E-state index is -0.775. The van der Waals surface area contributed by atoms with Crippen molar-refractivity contribution < 1.29 is 33.8 Å². The zero-order valence-corrected chi connectivity index (χ0v) is 20.2. The van der Waals surface area contributed by atoms with E-state index in [1.54, 1.807) is 0 Å². The van der Waals surface area contributed by atoms with Crippen LogP contribution in [0.3, 0.4) is 0 Å². The Labute approximate surface area is 196 Å². The van der Waals surface area contributed by atoms with Gasteiger partial charge in [0.05, 0.1) is 12.7 Å². The molecule has 4 aliphatic heterocycles. The van der Waals surface area contributed by atoms with E-state index in [1.165, 1.54) is 6.42 Å². The third-order valence-corrected chi connectivity index (χ3v) is 8.38. The van der Waals surface area contributed by atoms with Crippen molar-refractivity contribution >= 4 is 0 Å². The first-order chi connectivity index (χ1) is 15.9. The molecule has 1 N–H and O–H groups in total. The number of ether oxygens (including phenoxy) is 4. The Bertz CT molecular complexity index is 815. The Hall–Kier alpha value is -1.22. The molecule has 6 rings (SSSR count). The van der Waals surface area contributed by atoms with Crippen molar-refractivity contribution in [1.82, 2.24) is 0 Å². The molecular weight excluding hydrogens is 424 g/mol. The number of rotatable bonds is 7. The normalized spacial score (nSPS) is 42.9. The van der Waals surface area contributed by atoms with Gasteiger partial charge in [0.2, 0.25) is 5.79 Å². The minimum absolute atomic E-state index is 0.153. The highest BCUT2D eigenvalue weighted by Gasteiger charge is 2.69. The summed E-state index contributed by atoms with van der Waals surface area (Å²) in [5, 5.41) is 9.93. The van der Waals surface area contributed by atoms with Crippen molar-refractivity contribution in [1.29, 1.82) is 0 Å². The number of hydrogen-bond donors (Lipinski definition) is 1. The molecule has 1 aromatic carbocycles. The molecule has 1 saturated carbocycles. The predicted octanol–water partition coefficient (Wildman–Crippen LogP) is 4.73. The molecule has 1 aromatic rings. The van der Waals surface area contributed by atoms with Crippen molar-refractivity contribution in [3.8, 4) is 5.75 Å². The van der Waals surface area contributed by atoms with Crippen LogP contribution in [0.2, 0.25) is 0 Å². The van der Waals surface area contributed by atoms with E-state index in [-0.39, 0.29) is 18.1 Å². The number of fused-ring (bicyclic) bond motifs is 2. The highest BCUT2D eigenvalue weighted by Crippen LogP contribution is 2.60. The number of benzene rings is 1. The lowest BCUT2D eigenvalue weighted by atomic mass is 9.58. The van der Waals surface area contributed by atoms with Crippen molar-refractivity contribution in [2.45, 2.75) is 89.9 Å². The number of aliphatic hydroxyl groups excluding tert-OH is 1. The maximum atomic E-state index is 9.93. The zero-order chi connectivity index (χ0) is 23.2. The summed E-state index contributed by atoms with van der Waals surface area (Å²) in [6, 6.07) is 7.57. The van der Waals surface area contributed by atoms with Crippen LogP contribution in [-0.2, 0) is 24.0 Å². The van der Waals surface area contributed by atoms with E-state index in [0.29, 0.717) is 31.5 Å². The zero-order valence-electron chi connectivity index (χ0n) is 20.2. The van der Waals surface area contributed by atoms with E-state index in [4.69, 9.17) is 28.7 Å². The lowest BCUT2D eigenvalue weighted by Crippen LogP contribution is -2.70. The fourth-order valence-electron chi connectivity index (χ4n) is 6.41. The number of aliphatic hydroxyl groups is 1. The molecule has 5 aliphatic rings. The van der Waals surface area contributed by atoms with E-state index in [1.807, 2.05) is 38.1 Å². The van der Waals surface area contributed by atoms with E-state index in [0.717, 1.165) is 30.6 Å². The van der Waals surface area contributed by atoms with Crippen LogP contribution in [0.25, 0.3) is 0 Å². The van der Waals surface area contributed by atoms with Gasteiger partial charge in [-0.3, -0.25) is 0 Å². The van der Waals surface area contributed by atoms with Gasteiger partial charge in [0.15, 0.2) is 18.2 Å². The van der Waals surface area contributed by atoms with Gasteiger partial charge in [-0.25, -0.2) is 9.78 Å². The van der Waals surface area contributed by atoms with Gasteiger partial charge in [-0.1, -0.05) is 32.9 Å². The van der Waals surface area contributed by atoms with Crippen LogP contribution in [-0.4, -0.2) is 42.3 Å². The van der Waals surface area contributed by atoms with Crippen LogP contribution in [0, 0.1) is 23.7 Å². The van der Waals surface area contributed by atoms with E-state index < -0.39 is 23.8 Å². The maximum absolute atomic E-state index is 9.93. The Morgan fingerprint density at radius 3 is 2.61 bits per heavy atom. The fraction of sp³-hybridized carbons (Fsp3) is 0.769. The molecule has 7 nitrogen and oxygen atoms in total. The summed E-state index contributed by atoms with van der Waals surface area (Å²) in [5.74, 6) is 1.29. The fourth-order valence-corrected chi connectivity index (χ4v) is 6.41. The average Bonchev–Trinajstić information content (AvgIpc) is 3.05. The molecule has 1 aliphatic carbocycles. The molecule has 184 valence electrons. The maximum Gasteiger partial charge on any atom is 0.201 e. The quantitative estimate of drug-likeness (QED) is 0.464. The molecule has 4 saturated heterocycles. The predicted molar refractivity (Wildman–Crippen MR) is 120 cm³/mol. The second kappa shape index (κ2) is 9.10. The first kappa shape index (κ1) is 23.5. The van der Waals surface area contributed by atoms with Crippen molar-refractivity contribution in [2.75, 3.05) is 13.2 Å². The molecule has 0 radical (unpaired) electrons. The molecule has 1 spiro atoms. The Balaban J connectivity index is 1.21. The minimum Gasteiger partial charge on any atom is -0.491 e. The summed E-state index contributed by atoms with van der Waals surface area (Å²) in [4.78, 5) is 12.0. The van der Waals surface area contributed by atoms with Crippen molar-refractivity contribution in [3.63, 3.8) is 0 Å². The average molecular weight is 463 g/mol. The van der Waals surface area contributed by atoms with Gasteiger partial charge >= 0.3 is 0 Å². The molecule has 33 heavy (non-hydrogen) atoms. The van der Waals surface area contributed by atoms with Crippen LogP contribution in [0.5, 0.6) is 5.75 Å². The SMILES string of the molecule is CCC(O)c1ccc(OCCO[C@H]2O[C@@H]3O[C@@]4(C)CCC5[C@H](C)CC[C@@H]([C@H]2C)[C@]53OO4)cc1. The van der Waals surface area contributed by atoms with Crippen LogP contribution >= 0.6 is 0 Å². The lowest BCUT2D eigenvalue weighted by Gasteiger charge is -2.60. The highest BCUT2D eigenvalue weighted by atomic mass is 17.3. The van der Waals surface area contributed by atoms with Crippen LogP contribution < -0.4 is 4.74 Å². The third kappa shape index (κ3) is 4.11.